The average Bonchev–Trinajstić information content (AvgIpc) is 2.03. The minimum atomic E-state index is -0.560. The molecule has 0 bridgehead atoms. The van der Waals surface area contributed by atoms with Crippen molar-refractivity contribution in [2.24, 2.45) is 11.7 Å². The third-order valence-electron chi connectivity index (χ3n) is 1.80. The molecule has 4 heteroatoms. The van der Waals surface area contributed by atoms with Crippen molar-refractivity contribution in [1.82, 2.24) is 0 Å². The van der Waals surface area contributed by atoms with Gasteiger partial charge in [0.15, 0.2) is 0 Å². The van der Waals surface area contributed by atoms with Crippen molar-refractivity contribution in [1.29, 1.82) is 5.41 Å². The van der Waals surface area contributed by atoms with E-state index in [1.807, 2.05) is 6.92 Å². The lowest BCUT2D eigenvalue weighted by Gasteiger charge is -2.21. The molecule has 0 amide bonds. The Morgan fingerprint density at radius 3 is 2.29 bits per heavy atom. The predicted octanol–water partition coefficient (Wildman–Crippen LogP) is 1.33. The molecule has 0 aliphatic heterocycles. The monoisotopic (exact) mass is 200 g/mol. The summed E-state index contributed by atoms with van der Waals surface area (Å²) < 4.78 is 5.07. The lowest BCUT2D eigenvalue weighted by Crippen LogP contribution is -2.34. The summed E-state index contributed by atoms with van der Waals surface area (Å²) in [6, 6.07) is 0. The standard InChI is InChI=1S/C10H20N2O2/c1-5-7(6-11)8(12)9(13)14-10(2,3)4/h7,12H,5-6,11H2,1-4H3. The van der Waals surface area contributed by atoms with E-state index >= 15 is 0 Å². The molecule has 0 spiro atoms. The van der Waals surface area contributed by atoms with E-state index in [-0.39, 0.29) is 11.6 Å². The zero-order valence-electron chi connectivity index (χ0n) is 9.39. The summed E-state index contributed by atoms with van der Waals surface area (Å²) in [4.78, 5) is 11.4. The predicted molar refractivity (Wildman–Crippen MR) is 56.4 cm³/mol. The molecule has 0 radical (unpaired) electrons. The second-order valence-electron chi connectivity index (χ2n) is 4.26. The number of nitrogens with two attached hydrogens (primary N) is 1. The van der Waals surface area contributed by atoms with Crippen LogP contribution in [0.1, 0.15) is 34.1 Å². The van der Waals surface area contributed by atoms with Gasteiger partial charge >= 0.3 is 5.97 Å². The first-order valence-corrected chi connectivity index (χ1v) is 4.83. The van der Waals surface area contributed by atoms with Crippen LogP contribution in [-0.4, -0.2) is 23.8 Å². The molecule has 1 unspecified atom stereocenters. The smallest absolute Gasteiger partial charge is 0.352 e. The number of carbonyl (C=O) groups is 1. The van der Waals surface area contributed by atoms with E-state index < -0.39 is 11.6 Å². The molecule has 0 aliphatic rings. The van der Waals surface area contributed by atoms with Gasteiger partial charge in [-0.15, -0.1) is 0 Å². The molecule has 82 valence electrons. The summed E-state index contributed by atoms with van der Waals surface area (Å²) in [6.07, 6.45) is 0.689. The first-order chi connectivity index (χ1) is 6.31. The molecular weight excluding hydrogens is 180 g/mol. The van der Waals surface area contributed by atoms with E-state index in [0.29, 0.717) is 13.0 Å². The SMILES string of the molecule is CCC(CN)C(=N)C(=O)OC(C)(C)C. The van der Waals surface area contributed by atoms with Gasteiger partial charge in [-0.25, -0.2) is 4.79 Å². The summed E-state index contributed by atoms with van der Waals surface area (Å²) in [6.45, 7) is 7.55. The lowest BCUT2D eigenvalue weighted by atomic mass is 10.0. The Labute approximate surface area is 85.3 Å². The van der Waals surface area contributed by atoms with Gasteiger partial charge in [-0.05, 0) is 27.2 Å². The average molecular weight is 200 g/mol. The van der Waals surface area contributed by atoms with Crippen LogP contribution in [0.25, 0.3) is 0 Å². The van der Waals surface area contributed by atoms with Gasteiger partial charge in [-0.3, -0.25) is 5.41 Å². The molecule has 0 aromatic rings. The van der Waals surface area contributed by atoms with Gasteiger partial charge in [0.2, 0.25) is 0 Å². The molecule has 4 nitrogen and oxygen atoms in total. The van der Waals surface area contributed by atoms with Crippen LogP contribution in [0.3, 0.4) is 0 Å². The summed E-state index contributed by atoms with van der Waals surface area (Å²) >= 11 is 0. The van der Waals surface area contributed by atoms with Gasteiger partial charge in [0, 0.05) is 12.5 Å². The highest BCUT2D eigenvalue weighted by atomic mass is 16.6. The number of hydrogen-bond donors (Lipinski definition) is 2. The quantitative estimate of drug-likeness (QED) is 0.531. The van der Waals surface area contributed by atoms with E-state index in [9.17, 15) is 4.79 Å². The molecule has 0 rings (SSSR count). The minimum Gasteiger partial charge on any atom is -0.455 e. The summed E-state index contributed by atoms with van der Waals surface area (Å²) in [7, 11) is 0. The van der Waals surface area contributed by atoms with Crippen molar-refractivity contribution in [2.75, 3.05) is 6.54 Å². The topological polar surface area (TPSA) is 76.2 Å². The van der Waals surface area contributed by atoms with Gasteiger partial charge < -0.3 is 10.5 Å². The van der Waals surface area contributed by atoms with Crippen LogP contribution < -0.4 is 5.73 Å². The van der Waals surface area contributed by atoms with Gasteiger partial charge in [-0.2, -0.15) is 0 Å². The Kier molecular flexibility index (Phi) is 4.77. The Balaban J connectivity index is 4.32. The molecule has 1 atom stereocenters. The van der Waals surface area contributed by atoms with Gasteiger partial charge in [0.1, 0.15) is 11.3 Å². The Hall–Kier alpha value is -0.900. The molecule has 0 fully saturated rings. The summed E-state index contributed by atoms with van der Waals surface area (Å²) in [5.41, 5.74) is 4.87. The van der Waals surface area contributed by atoms with Crippen LogP contribution in [0.2, 0.25) is 0 Å². The van der Waals surface area contributed by atoms with E-state index in [2.05, 4.69) is 0 Å². The number of ether oxygens (including phenoxy) is 1. The number of carbonyl (C=O) groups excluding carboxylic acids is 1. The Morgan fingerprint density at radius 1 is 1.50 bits per heavy atom. The third-order valence-corrected chi connectivity index (χ3v) is 1.80. The normalized spacial score (nSPS) is 13.5. The van der Waals surface area contributed by atoms with Crippen LogP contribution in [0.4, 0.5) is 0 Å². The van der Waals surface area contributed by atoms with E-state index in [4.69, 9.17) is 15.9 Å². The first-order valence-electron chi connectivity index (χ1n) is 4.83. The molecule has 14 heavy (non-hydrogen) atoms. The van der Waals surface area contributed by atoms with Gasteiger partial charge in [0.25, 0.3) is 0 Å². The third kappa shape index (κ3) is 4.37. The highest BCUT2D eigenvalue weighted by Crippen LogP contribution is 2.10. The van der Waals surface area contributed by atoms with Crippen LogP contribution in [0.15, 0.2) is 0 Å². The first kappa shape index (κ1) is 13.1. The molecule has 0 heterocycles. The second kappa shape index (κ2) is 5.10. The van der Waals surface area contributed by atoms with Crippen LogP contribution in [-0.2, 0) is 9.53 Å². The van der Waals surface area contributed by atoms with Crippen molar-refractivity contribution in [3.05, 3.63) is 0 Å². The number of hydrogen-bond acceptors (Lipinski definition) is 4. The van der Waals surface area contributed by atoms with Crippen molar-refractivity contribution >= 4 is 11.7 Å². The molecule has 0 saturated heterocycles. The molecule has 0 aromatic heterocycles. The minimum absolute atomic E-state index is 0.0232. The molecule has 0 saturated carbocycles. The van der Waals surface area contributed by atoms with E-state index in [0.717, 1.165) is 0 Å². The fourth-order valence-electron chi connectivity index (χ4n) is 0.988. The lowest BCUT2D eigenvalue weighted by molar-refractivity contribution is -0.146. The molecule has 0 aromatic carbocycles. The Bertz CT molecular complexity index is 215. The van der Waals surface area contributed by atoms with Gasteiger partial charge in [0.05, 0.1) is 0 Å². The fraction of sp³-hybridized carbons (Fsp3) is 0.800. The summed E-state index contributed by atoms with van der Waals surface area (Å²) in [5.74, 6) is -0.750. The zero-order chi connectivity index (χ0) is 11.4. The van der Waals surface area contributed by atoms with Crippen LogP contribution >= 0.6 is 0 Å². The largest absolute Gasteiger partial charge is 0.455 e. The van der Waals surface area contributed by atoms with Crippen molar-refractivity contribution in [3.8, 4) is 0 Å². The van der Waals surface area contributed by atoms with Crippen molar-refractivity contribution in [2.45, 2.75) is 39.7 Å². The van der Waals surface area contributed by atoms with E-state index in [1.54, 1.807) is 20.8 Å². The van der Waals surface area contributed by atoms with Gasteiger partial charge in [-0.1, -0.05) is 6.92 Å². The molecule has 3 N–H and O–H groups in total. The Morgan fingerprint density at radius 2 is 2.00 bits per heavy atom. The number of esters is 1. The molecule has 0 aliphatic carbocycles. The number of rotatable bonds is 4. The maximum absolute atomic E-state index is 11.4. The molecular formula is C10H20N2O2. The van der Waals surface area contributed by atoms with Crippen molar-refractivity contribution in [3.63, 3.8) is 0 Å². The van der Waals surface area contributed by atoms with Crippen molar-refractivity contribution < 1.29 is 9.53 Å². The van der Waals surface area contributed by atoms with Crippen LogP contribution in [0, 0.1) is 11.3 Å². The summed E-state index contributed by atoms with van der Waals surface area (Å²) in [5, 5.41) is 7.58. The van der Waals surface area contributed by atoms with E-state index in [1.165, 1.54) is 0 Å². The van der Waals surface area contributed by atoms with Crippen LogP contribution in [0.5, 0.6) is 0 Å². The maximum Gasteiger partial charge on any atom is 0.352 e. The second-order valence-corrected chi connectivity index (χ2v) is 4.26. The maximum atomic E-state index is 11.4. The fourth-order valence-corrected chi connectivity index (χ4v) is 0.988. The highest BCUT2D eigenvalue weighted by Gasteiger charge is 2.24. The number of nitrogens with one attached hydrogen (secondary N) is 1. The zero-order valence-corrected chi connectivity index (χ0v) is 9.39. The highest BCUT2D eigenvalue weighted by molar-refractivity contribution is 6.36.